The second-order valence-corrected chi connectivity index (χ2v) is 12.3. The van der Waals surface area contributed by atoms with Crippen molar-refractivity contribution in [3.63, 3.8) is 0 Å². The van der Waals surface area contributed by atoms with Crippen LogP contribution in [0.2, 0.25) is 0 Å². The van der Waals surface area contributed by atoms with Gasteiger partial charge in [-0.05, 0) is 43.6 Å². The summed E-state index contributed by atoms with van der Waals surface area (Å²) in [7, 11) is -0.346. The Balaban J connectivity index is 1.44. The van der Waals surface area contributed by atoms with E-state index in [2.05, 4.69) is 43.0 Å². The molecule has 0 bridgehead atoms. The Morgan fingerprint density at radius 1 is 1.11 bits per heavy atom. The lowest BCUT2D eigenvalue weighted by Gasteiger charge is -2.22. The van der Waals surface area contributed by atoms with E-state index in [1.54, 1.807) is 0 Å². The number of rotatable bonds is 12. The van der Waals surface area contributed by atoms with E-state index >= 15 is 0 Å². The zero-order valence-electron chi connectivity index (χ0n) is 18.7. The molecule has 4 rings (SSSR count). The van der Waals surface area contributed by atoms with Crippen LogP contribution in [0.4, 0.5) is 0 Å². The molecule has 0 aliphatic carbocycles. The van der Waals surface area contributed by atoms with Crippen molar-refractivity contribution in [2.75, 3.05) is 0 Å². The Labute approximate surface area is 213 Å². The van der Waals surface area contributed by atoms with Crippen molar-refractivity contribution in [1.29, 1.82) is 0 Å². The number of nitrogens with zero attached hydrogens (tertiary/aromatic N) is 4. The molecule has 6 atom stereocenters. The zero-order valence-corrected chi connectivity index (χ0v) is 22.0. The molecule has 35 heavy (non-hydrogen) atoms. The van der Waals surface area contributed by atoms with Crippen LogP contribution in [0.1, 0.15) is 68.6 Å². The minimum absolute atomic E-state index is 0.0463. The maximum Gasteiger partial charge on any atom is 0.438 e. The molecule has 18 heteroatoms. The molecule has 0 amide bonds. The monoisotopic (exact) mass is 564 g/mol. The minimum atomic E-state index is -1.73. The predicted molar refractivity (Wildman–Crippen MR) is 133 cm³/mol. The largest absolute Gasteiger partial charge is 0.580 e. The minimum Gasteiger partial charge on any atom is -0.580 e. The van der Waals surface area contributed by atoms with Crippen LogP contribution in [0.3, 0.4) is 0 Å². The number of hydrogen-bond donors (Lipinski definition) is 4. The van der Waals surface area contributed by atoms with Gasteiger partial charge in [0.2, 0.25) is 0 Å². The molecular weight excluding hydrogens is 541 g/mol. The molecule has 2 aromatic rings. The molecule has 0 spiro atoms. The summed E-state index contributed by atoms with van der Waals surface area (Å²) in [6.45, 7) is 3.90. The van der Waals surface area contributed by atoms with Crippen LogP contribution in [-0.4, -0.2) is 39.9 Å². The molecule has 2 aliphatic heterocycles. The first-order chi connectivity index (χ1) is 16.8. The van der Waals surface area contributed by atoms with Crippen molar-refractivity contribution >= 4 is 55.8 Å². The first-order valence-electron chi connectivity index (χ1n) is 10.8. The lowest BCUT2D eigenvalue weighted by molar-refractivity contribution is 0.372. The highest BCUT2D eigenvalue weighted by molar-refractivity contribution is 8.71. The standard InChI is InChI=1S/C17H24N8O6S4/c1-8(12-18-17(27)30-20-12)3-4-10(14-22-33-35(29)25-14)5-6-11(13-21-31-34(28)24-13)7-9(2)15-19-16(26)23-32-15/h8-11H,3-7H2,1-2H3,(H,21,24)(H,22,25)(H,23,26)(H,18,20,27). The van der Waals surface area contributed by atoms with Crippen molar-refractivity contribution in [3.05, 3.63) is 31.9 Å². The van der Waals surface area contributed by atoms with E-state index in [0.29, 0.717) is 54.6 Å². The summed E-state index contributed by atoms with van der Waals surface area (Å²) < 4.78 is 45.6. The molecule has 0 saturated heterocycles. The molecule has 0 aromatic carbocycles. The van der Waals surface area contributed by atoms with Crippen LogP contribution in [0, 0.1) is 11.8 Å². The Kier molecular flexibility index (Phi) is 8.68. The summed E-state index contributed by atoms with van der Waals surface area (Å²) in [5, 5.41) is 8.38. The lowest BCUT2D eigenvalue weighted by atomic mass is 9.85. The van der Waals surface area contributed by atoms with Crippen LogP contribution in [0.25, 0.3) is 0 Å². The number of oxime groups is 1. The van der Waals surface area contributed by atoms with Gasteiger partial charge in [0, 0.05) is 23.7 Å². The van der Waals surface area contributed by atoms with Gasteiger partial charge in [-0.15, -0.1) is 4.40 Å². The maximum absolute atomic E-state index is 11.9. The number of nitrogens with one attached hydrogen (secondary N) is 4. The SMILES string of the molecule is CC(CCC(CCC(CC(C)c1nc(=O)[nH]s1)C1=NOS(=O)N1)C1=NS[S+]([O-])N1)c1noc(=O)[nH]1. The maximum atomic E-state index is 11.9. The molecule has 0 radical (unpaired) electrons. The molecule has 6 unspecified atom stereocenters. The van der Waals surface area contributed by atoms with E-state index in [0.717, 1.165) is 11.0 Å². The highest BCUT2D eigenvalue weighted by Gasteiger charge is 2.32. The number of H-pyrrole nitrogens is 2. The van der Waals surface area contributed by atoms with E-state index in [9.17, 15) is 18.4 Å². The van der Waals surface area contributed by atoms with E-state index in [1.807, 2.05) is 13.8 Å². The Hall–Kier alpha value is -2.15. The van der Waals surface area contributed by atoms with Gasteiger partial charge in [0.15, 0.2) is 27.9 Å². The van der Waals surface area contributed by atoms with Crippen LogP contribution < -0.4 is 20.9 Å². The second-order valence-electron chi connectivity index (χ2n) is 8.30. The average Bonchev–Trinajstić information content (AvgIpc) is 3.62. The smallest absolute Gasteiger partial charge is 0.438 e. The Morgan fingerprint density at radius 2 is 1.89 bits per heavy atom. The molecule has 0 saturated carbocycles. The van der Waals surface area contributed by atoms with E-state index in [4.69, 9.17) is 4.28 Å². The van der Waals surface area contributed by atoms with Crippen LogP contribution in [-0.2, 0) is 25.9 Å². The third kappa shape index (κ3) is 6.96. The first-order valence-corrected chi connectivity index (χ1v) is 15.1. The lowest BCUT2D eigenvalue weighted by Crippen LogP contribution is -2.32. The number of aromatic amines is 2. The summed E-state index contributed by atoms with van der Waals surface area (Å²) in [4.78, 5) is 29.3. The summed E-state index contributed by atoms with van der Waals surface area (Å²) in [5.74, 6) is 0.693. The molecule has 2 aromatic heterocycles. The zero-order chi connectivity index (χ0) is 24.9. The van der Waals surface area contributed by atoms with Crippen molar-refractivity contribution in [2.45, 2.75) is 57.8 Å². The summed E-state index contributed by atoms with van der Waals surface area (Å²) >= 11 is -0.532. The predicted octanol–water partition coefficient (Wildman–Crippen LogP) is 1.34. The number of amidine groups is 2. The number of hydrogen-bond acceptors (Lipinski definition) is 13. The van der Waals surface area contributed by atoms with Crippen molar-refractivity contribution in [3.8, 4) is 0 Å². The van der Waals surface area contributed by atoms with Gasteiger partial charge in [-0.3, -0.25) is 22.9 Å². The normalized spacial score (nSPS) is 22.9. The van der Waals surface area contributed by atoms with Gasteiger partial charge in [-0.1, -0.05) is 24.2 Å². The van der Waals surface area contributed by atoms with E-state index < -0.39 is 27.4 Å². The second kappa shape index (κ2) is 11.7. The fraction of sp³-hybridized carbons (Fsp3) is 0.647. The highest BCUT2D eigenvalue weighted by atomic mass is 33.1. The Morgan fingerprint density at radius 3 is 2.49 bits per heavy atom. The van der Waals surface area contributed by atoms with Crippen molar-refractivity contribution < 1.29 is 17.6 Å². The third-order valence-corrected chi connectivity index (χ3v) is 9.03. The summed E-state index contributed by atoms with van der Waals surface area (Å²) in [5.41, 5.74) is -0.382. The van der Waals surface area contributed by atoms with Gasteiger partial charge in [-0.25, -0.2) is 9.59 Å². The van der Waals surface area contributed by atoms with E-state index in [1.165, 1.54) is 11.5 Å². The number of aromatic nitrogens is 4. The molecular formula is C17H24N8O6S4. The fourth-order valence-corrected chi connectivity index (χ4v) is 6.77. The average molecular weight is 565 g/mol. The summed E-state index contributed by atoms with van der Waals surface area (Å²) in [6.07, 6.45) is 3.25. The van der Waals surface area contributed by atoms with Gasteiger partial charge in [0.25, 0.3) is 11.0 Å². The van der Waals surface area contributed by atoms with Crippen molar-refractivity contribution in [2.24, 2.45) is 21.4 Å². The van der Waals surface area contributed by atoms with Gasteiger partial charge >= 0.3 is 22.7 Å². The molecule has 14 nitrogen and oxygen atoms in total. The molecule has 0 fully saturated rings. The van der Waals surface area contributed by atoms with Crippen LogP contribution >= 0.6 is 22.5 Å². The third-order valence-electron chi connectivity index (χ3n) is 5.81. The molecule has 4 N–H and O–H groups in total. The van der Waals surface area contributed by atoms with E-state index in [-0.39, 0.29) is 29.4 Å². The van der Waals surface area contributed by atoms with Crippen LogP contribution in [0.5, 0.6) is 0 Å². The molecule has 2 aliphatic rings. The quantitative estimate of drug-likeness (QED) is 0.165. The van der Waals surface area contributed by atoms with Gasteiger partial charge < -0.3 is 4.55 Å². The van der Waals surface area contributed by atoms with Gasteiger partial charge in [-0.2, -0.15) is 13.9 Å². The van der Waals surface area contributed by atoms with Gasteiger partial charge in [0.1, 0.15) is 5.01 Å². The molecule has 4 heterocycles. The van der Waals surface area contributed by atoms with Gasteiger partial charge in [0.05, 0.1) is 0 Å². The summed E-state index contributed by atoms with van der Waals surface area (Å²) in [6, 6.07) is 0. The highest BCUT2D eigenvalue weighted by Crippen LogP contribution is 2.32. The first kappa shape index (κ1) is 25.9. The van der Waals surface area contributed by atoms with Crippen molar-refractivity contribution in [1.82, 2.24) is 28.9 Å². The van der Waals surface area contributed by atoms with Crippen LogP contribution in [0.15, 0.2) is 23.7 Å². The topological polar surface area (TPSA) is 203 Å². The molecule has 192 valence electrons. The fourth-order valence-electron chi connectivity index (χ4n) is 3.92. The Bertz CT molecular complexity index is 1210.